The highest BCUT2D eigenvalue weighted by molar-refractivity contribution is 5.70. The van der Waals surface area contributed by atoms with E-state index in [9.17, 15) is 4.79 Å². The molecule has 0 fully saturated rings. The fourth-order valence-corrected chi connectivity index (χ4v) is 2.90. The summed E-state index contributed by atoms with van der Waals surface area (Å²) in [5.41, 5.74) is 5.02. The molecule has 0 aliphatic carbocycles. The van der Waals surface area contributed by atoms with Gasteiger partial charge >= 0.3 is 0 Å². The minimum absolute atomic E-state index is 0.00469. The lowest BCUT2D eigenvalue weighted by atomic mass is 9.84. The van der Waals surface area contributed by atoms with Crippen molar-refractivity contribution in [2.24, 2.45) is 0 Å². The van der Waals surface area contributed by atoms with E-state index in [1.165, 1.54) is 23.0 Å². The maximum Gasteiger partial charge on any atom is 0.142 e. The molecule has 0 atom stereocenters. The molecule has 22 heavy (non-hydrogen) atoms. The second kappa shape index (κ2) is 6.61. The van der Waals surface area contributed by atoms with Gasteiger partial charge in [0.25, 0.3) is 0 Å². The summed E-state index contributed by atoms with van der Waals surface area (Å²) in [6, 6.07) is 8.54. The van der Waals surface area contributed by atoms with Gasteiger partial charge in [-0.2, -0.15) is 0 Å². The Morgan fingerprint density at radius 3 is 2.55 bits per heavy atom. The topological polar surface area (TPSA) is 20.3 Å². The summed E-state index contributed by atoms with van der Waals surface area (Å²) in [5, 5.41) is 0. The summed E-state index contributed by atoms with van der Waals surface area (Å²) in [5.74, 6) is 0. The van der Waals surface area contributed by atoms with Gasteiger partial charge in [0, 0.05) is 23.8 Å². The molecule has 2 heteroatoms. The van der Waals surface area contributed by atoms with E-state index in [4.69, 9.17) is 0 Å². The number of carbonyl (C=O) groups excluding carboxylic acids is 1. The third-order valence-electron chi connectivity index (χ3n) is 4.10. The number of fused-ring (bicyclic) bond motifs is 1. The second-order valence-corrected chi connectivity index (χ2v) is 6.04. The van der Waals surface area contributed by atoms with Gasteiger partial charge in [0.1, 0.15) is 6.29 Å². The van der Waals surface area contributed by atoms with Gasteiger partial charge in [-0.1, -0.05) is 61.9 Å². The summed E-state index contributed by atoms with van der Waals surface area (Å²) in [4.78, 5) is 12.5. The first-order valence-corrected chi connectivity index (χ1v) is 7.49. The Balaban J connectivity index is 2.25. The zero-order valence-corrected chi connectivity index (χ0v) is 13.7. The summed E-state index contributed by atoms with van der Waals surface area (Å²) < 4.78 is 0. The van der Waals surface area contributed by atoms with Crippen molar-refractivity contribution in [3.05, 3.63) is 77.6 Å². The predicted octanol–water partition coefficient (Wildman–Crippen LogP) is 4.56. The number of carbonyl (C=O) groups is 1. The highest BCUT2D eigenvalue weighted by atomic mass is 16.1. The van der Waals surface area contributed by atoms with Crippen LogP contribution in [0.1, 0.15) is 26.3 Å². The molecule has 114 valence electrons. The normalized spacial score (nSPS) is 19.4. The van der Waals surface area contributed by atoms with Crippen LogP contribution in [0.25, 0.3) is 0 Å². The van der Waals surface area contributed by atoms with Crippen LogP contribution in [0.5, 0.6) is 0 Å². The molecule has 0 unspecified atom stereocenters. The third-order valence-corrected chi connectivity index (χ3v) is 4.10. The monoisotopic (exact) mass is 293 g/mol. The first-order chi connectivity index (χ1) is 10.5. The number of benzene rings is 1. The van der Waals surface area contributed by atoms with Crippen LogP contribution in [-0.2, 0) is 10.2 Å². The van der Waals surface area contributed by atoms with E-state index >= 15 is 0 Å². The summed E-state index contributed by atoms with van der Waals surface area (Å²) >= 11 is 0. The van der Waals surface area contributed by atoms with Gasteiger partial charge < -0.3 is 4.90 Å². The Kier molecular flexibility index (Phi) is 4.81. The average molecular weight is 293 g/mol. The molecule has 0 aromatic heterocycles. The molecule has 0 spiro atoms. The van der Waals surface area contributed by atoms with Crippen molar-refractivity contribution in [1.82, 2.24) is 0 Å². The average Bonchev–Trinajstić information content (AvgIpc) is 2.69. The van der Waals surface area contributed by atoms with Crippen molar-refractivity contribution >= 4 is 12.0 Å². The Hall–Kier alpha value is -2.35. The maximum absolute atomic E-state index is 10.2. The molecule has 0 saturated carbocycles. The summed E-state index contributed by atoms with van der Waals surface area (Å²) in [6.07, 6.45) is 12.2. The lowest BCUT2D eigenvalue weighted by Crippen LogP contribution is -2.22. The smallest absolute Gasteiger partial charge is 0.142 e. The van der Waals surface area contributed by atoms with Crippen LogP contribution in [0.2, 0.25) is 0 Å². The highest BCUT2D eigenvalue weighted by Crippen LogP contribution is 2.46. The molecule has 1 aliphatic rings. The molecule has 0 amide bonds. The molecular formula is C20H23NO. The van der Waals surface area contributed by atoms with Crippen LogP contribution in [0.3, 0.4) is 0 Å². The minimum atomic E-state index is 0.00469. The SMILES string of the molecule is CC(/C=C/C=C1\N(C)c2ccccc2C1(C)C)=C\C=C\C=O. The highest BCUT2D eigenvalue weighted by Gasteiger charge is 2.37. The number of hydrogen-bond donors (Lipinski definition) is 0. The van der Waals surface area contributed by atoms with Gasteiger partial charge in [-0.3, -0.25) is 4.79 Å². The first kappa shape index (κ1) is 16.0. The molecule has 1 aliphatic heterocycles. The zero-order valence-electron chi connectivity index (χ0n) is 13.7. The van der Waals surface area contributed by atoms with Gasteiger partial charge in [0.2, 0.25) is 0 Å². The van der Waals surface area contributed by atoms with Gasteiger partial charge in [0.15, 0.2) is 0 Å². The van der Waals surface area contributed by atoms with Crippen molar-refractivity contribution < 1.29 is 4.79 Å². The van der Waals surface area contributed by atoms with E-state index in [1.807, 2.05) is 13.0 Å². The zero-order chi connectivity index (χ0) is 16.2. The lowest BCUT2D eigenvalue weighted by molar-refractivity contribution is -0.104. The van der Waals surface area contributed by atoms with Crippen LogP contribution in [0, 0.1) is 0 Å². The summed E-state index contributed by atoms with van der Waals surface area (Å²) in [7, 11) is 2.11. The van der Waals surface area contributed by atoms with E-state index in [2.05, 4.69) is 68.3 Å². The molecule has 1 aromatic rings. The molecule has 0 radical (unpaired) electrons. The summed E-state index contributed by atoms with van der Waals surface area (Å²) in [6.45, 7) is 6.53. The minimum Gasteiger partial charge on any atom is -0.347 e. The Bertz CT molecular complexity index is 675. The van der Waals surface area contributed by atoms with E-state index in [1.54, 1.807) is 6.08 Å². The number of allylic oxidation sites excluding steroid dienone is 8. The first-order valence-electron chi connectivity index (χ1n) is 7.49. The Labute approximate surface area is 133 Å². The molecule has 2 nitrogen and oxygen atoms in total. The third kappa shape index (κ3) is 3.11. The van der Waals surface area contributed by atoms with E-state index in [-0.39, 0.29) is 5.41 Å². The predicted molar refractivity (Wildman–Crippen MR) is 94.1 cm³/mol. The standard InChI is InChI=1S/C20H23NO/c1-16(10-7-8-15-22)11-9-14-19-20(2,3)17-12-5-6-13-18(17)21(19)4/h5-15H,1-4H3/b8-7+,11-9+,16-10+,19-14-. The van der Waals surface area contributed by atoms with Gasteiger partial charge in [-0.25, -0.2) is 0 Å². The van der Waals surface area contributed by atoms with Gasteiger partial charge in [-0.15, -0.1) is 0 Å². The largest absolute Gasteiger partial charge is 0.347 e. The number of aldehydes is 1. The molecule has 0 bridgehead atoms. The Morgan fingerprint density at radius 1 is 1.14 bits per heavy atom. The molecule has 0 N–H and O–H groups in total. The fourth-order valence-electron chi connectivity index (χ4n) is 2.90. The van der Waals surface area contributed by atoms with Crippen LogP contribution in [-0.4, -0.2) is 13.3 Å². The second-order valence-electron chi connectivity index (χ2n) is 6.04. The lowest BCUT2D eigenvalue weighted by Gasteiger charge is -2.23. The number of para-hydroxylation sites is 1. The van der Waals surface area contributed by atoms with Crippen LogP contribution in [0.4, 0.5) is 5.69 Å². The molecule has 1 aromatic carbocycles. The number of rotatable bonds is 4. The van der Waals surface area contributed by atoms with Crippen LogP contribution in [0.15, 0.2) is 72.0 Å². The van der Waals surface area contributed by atoms with Crippen molar-refractivity contribution in [3.8, 4) is 0 Å². The van der Waals surface area contributed by atoms with E-state index in [0.717, 1.165) is 11.9 Å². The van der Waals surface area contributed by atoms with Crippen molar-refractivity contribution in [3.63, 3.8) is 0 Å². The molecular weight excluding hydrogens is 270 g/mol. The van der Waals surface area contributed by atoms with Crippen LogP contribution < -0.4 is 4.90 Å². The molecule has 2 rings (SSSR count). The van der Waals surface area contributed by atoms with Crippen molar-refractivity contribution in [2.75, 3.05) is 11.9 Å². The quantitative estimate of drug-likeness (QED) is 0.461. The van der Waals surface area contributed by atoms with Crippen molar-refractivity contribution in [2.45, 2.75) is 26.2 Å². The van der Waals surface area contributed by atoms with Crippen molar-refractivity contribution in [1.29, 1.82) is 0 Å². The number of anilines is 1. The van der Waals surface area contributed by atoms with Gasteiger partial charge in [-0.05, 0) is 30.7 Å². The number of nitrogens with zero attached hydrogens (tertiary/aromatic N) is 1. The fraction of sp³-hybridized carbons (Fsp3) is 0.250. The van der Waals surface area contributed by atoms with Gasteiger partial charge in [0.05, 0.1) is 0 Å². The molecule has 1 heterocycles. The number of hydrogen-bond acceptors (Lipinski definition) is 2. The number of likely N-dealkylation sites (N-methyl/N-ethyl adjacent to an activating group) is 1. The maximum atomic E-state index is 10.2. The van der Waals surface area contributed by atoms with E-state index in [0.29, 0.717) is 0 Å². The van der Waals surface area contributed by atoms with Crippen LogP contribution >= 0.6 is 0 Å². The Morgan fingerprint density at radius 2 is 1.86 bits per heavy atom. The van der Waals surface area contributed by atoms with E-state index < -0.39 is 0 Å². The molecule has 0 saturated heterocycles.